The van der Waals surface area contributed by atoms with Crippen molar-refractivity contribution in [3.05, 3.63) is 102 Å². The summed E-state index contributed by atoms with van der Waals surface area (Å²) >= 11 is 0. The molecular formula is C33H38N4O4. The van der Waals surface area contributed by atoms with E-state index in [9.17, 15) is 9.59 Å². The number of methoxy groups -OCH3 is 1. The molecule has 2 amide bonds. The maximum Gasteiger partial charge on any atom is 0.236 e. The maximum atomic E-state index is 13.7. The van der Waals surface area contributed by atoms with E-state index in [1.54, 1.807) is 13.3 Å². The molecule has 0 unspecified atom stereocenters. The third kappa shape index (κ3) is 7.95. The Balaban J connectivity index is 1.30. The first-order valence-electron chi connectivity index (χ1n) is 14.2. The Kier molecular flexibility index (Phi) is 9.65. The SMILES string of the molecule is COc1ccc(CN2CC(=O)N3CC[C@@H](CC(=O)NCc4ccccn4)[C@@H](C=CCOc4ccccc4C2)C3)cc1. The number of para-hydroxylation sites is 1. The standard InChI is InChI=1S/C33H38N4O4/c1-40-30-13-11-25(12-14-30)21-36-22-28-7-2-3-10-31(28)41-18-6-8-27-23-37(33(39)24-36)17-15-26(27)19-32(38)35-20-29-9-4-5-16-34-29/h2-14,16,26-27H,15,17-24H2,1H3,(H,35,38)/t26-,27-/m0/s1. The van der Waals surface area contributed by atoms with E-state index in [2.05, 4.69) is 27.3 Å². The predicted molar refractivity (Wildman–Crippen MR) is 157 cm³/mol. The number of hydrogen-bond donors (Lipinski definition) is 1. The predicted octanol–water partition coefficient (Wildman–Crippen LogP) is 4.21. The van der Waals surface area contributed by atoms with E-state index in [1.165, 1.54) is 0 Å². The third-order valence-electron chi connectivity index (χ3n) is 7.81. The number of nitrogens with zero attached hydrogens (tertiary/aromatic N) is 3. The zero-order valence-electron chi connectivity index (χ0n) is 23.6. The Morgan fingerprint density at radius 2 is 1.90 bits per heavy atom. The number of pyridine rings is 1. The highest BCUT2D eigenvalue weighted by molar-refractivity contribution is 5.79. The van der Waals surface area contributed by atoms with Gasteiger partial charge in [0.25, 0.3) is 0 Å². The Morgan fingerprint density at radius 3 is 2.71 bits per heavy atom. The Morgan fingerprint density at radius 1 is 1.07 bits per heavy atom. The fourth-order valence-corrected chi connectivity index (χ4v) is 5.56. The fraction of sp³-hybridized carbons (Fsp3) is 0.364. The van der Waals surface area contributed by atoms with Crippen LogP contribution in [-0.4, -0.2) is 59.9 Å². The van der Waals surface area contributed by atoms with Crippen molar-refractivity contribution in [3.63, 3.8) is 0 Å². The molecule has 5 rings (SSSR count). The van der Waals surface area contributed by atoms with Crippen LogP contribution in [0.1, 0.15) is 29.7 Å². The number of fused-ring (bicyclic) bond motifs is 3. The van der Waals surface area contributed by atoms with Gasteiger partial charge in [0, 0.05) is 44.4 Å². The summed E-state index contributed by atoms with van der Waals surface area (Å²) in [6, 6.07) is 21.7. The minimum absolute atomic E-state index is 0.00703. The van der Waals surface area contributed by atoms with Crippen LogP contribution in [0.5, 0.6) is 11.5 Å². The van der Waals surface area contributed by atoms with Crippen molar-refractivity contribution in [2.45, 2.75) is 32.5 Å². The molecule has 1 N–H and O–H groups in total. The van der Waals surface area contributed by atoms with Gasteiger partial charge in [-0.1, -0.05) is 48.6 Å². The minimum atomic E-state index is 0.00703. The van der Waals surface area contributed by atoms with Crippen LogP contribution in [0, 0.1) is 11.8 Å². The Bertz CT molecular complexity index is 1330. The second kappa shape index (κ2) is 13.9. The number of rotatable bonds is 7. The molecule has 0 aliphatic carbocycles. The lowest BCUT2D eigenvalue weighted by molar-refractivity contribution is -0.135. The van der Waals surface area contributed by atoms with E-state index in [4.69, 9.17) is 9.47 Å². The lowest BCUT2D eigenvalue weighted by atomic mass is 9.82. The van der Waals surface area contributed by atoms with Crippen LogP contribution in [0.15, 0.2) is 85.1 Å². The minimum Gasteiger partial charge on any atom is -0.497 e. The van der Waals surface area contributed by atoms with Gasteiger partial charge in [0.05, 0.1) is 25.9 Å². The van der Waals surface area contributed by atoms with Gasteiger partial charge >= 0.3 is 0 Å². The van der Waals surface area contributed by atoms with E-state index in [-0.39, 0.29) is 23.7 Å². The van der Waals surface area contributed by atoms with Gasteiger partial charge in [-0.15, -0.1) is 0 Å². The summed E-state index contributed by atoms with van der Waals surface area (Å²) in [5, 5.41) is 3.01. The van der Waals surface area contributed by atoms with Crippen LogP contribution in [-0.2, 0) is 29.2 Å². The third-order valence-corrected chi connectivity index (χ3v) is 7.81. The monoisotopic (exact) mass is 554 g/mol. The van der Waals surface area contributed by atoms with E-state index in [0.717, 1.165) is 34.7 Å². The van der Waals surface area contributed by atoms with Gasteiger partial charge in [0.2, 0.25) is 11.8 Å². The van der Waals surface area contributed by atoms with Gasteiger partial charge in [-0.2, -0.15) is 0 Å². The number of carbonyl (C=O) groups excluding carboxylic acids is 2. The van der Waals surface area contributed by atoms with Gasteiger partial charge in [-0.05, 0) is 54.2 Å². The first-order valence-corrected chi connectivity index (χ1v) is 14.2. The van der Waals surface area contributed by atoms with E-state index >= 15 is 0 Å². The number of aromatic nitrogens is 1. The summed E-state index contributed by atoms with van der Waals surface area (Å²) in [4.78, 5) is 34.9. The van der Waals surface area contributed by atoms with Crippen LogP contribution in [0.3, 0.4) is 0 Å². The molecule has 1 aromatic heterocycles. The molecule has 1 fully saturated rings. The Labute approximate surface area is 242 Å². The number of piperidine rings is 1. The summed E-state index contributed by atoms with van der Waals surface area (Å²) in [5.41, 5.74) is 2.98. The average molecular weight is 555 g/mol. The van der Waals surface area contributed by atoms with Crippen molar-refractivity contribution in [1.29, 1.82) is 0 Å². The van der Waals surface area contributed by atoms with Crippen molar-refractivity contribution in [3.8, 4) is 11.5 Å². The molecule has 0 radical (unpaired) electrons. The second-order valence-electron chi connectivity index (χ2n) is 10.7. The molecule has 1 saturated heterocycles. The van der Waals surface area contributed by atoms with Crippen molar-refractivity contribution in [1.82, 2.24) is 20.1 Å². The van der Waals surface area contributed by atoms with E-state index in [0.29, 0.717) is 52.3 Å². The molecule has 2 aromatic carbocycles. The molecular weight excluding hydrogens is 516 g/mol. The highest BCUT2D eigenvalue weighted by Crippen LogP contribution is 2.29. The highest BCUT2D eigenvalue weighted by atomic mass is 16.5. The molecule has 0 saturated carbocycles. The number of hydrogen-bond acceptors (Lipinski definition) is 6. The molecule has 8 heteroatoms. The van der Waals surface area contributed by atoms with Crippen molar-refractivity contribution < 1.29 is 19.1 Å². The number of ether oxygens (including phenoxy) is 2. The zero-order chi connectivity index (χ0) is 28.4. The van der Waals surface area contributed by atoms with Crippen molar-refractivity contribution in [2.75, 3.05) is 33.4 Å². The van der Waals surface area contributed by atoms with Crippen LogP contribution < -0.4 is 14.8 Å². The molecule has 214 valence electrons. The van der Waals surface area contributed by atoms with Crippen LogP contribution in [0.4, 0.5) is 0 Å². The molecule has 2 bridgehead atoms. The van der Waals surface area contributed by atoms with Gasteiger partial charge in [-0.3, -0.25) is 19.5 Å². The average Bonchev–Trinajstić information content (AvgIpc) is 3.01. The number of nitrogens with one attached hydrogen (secondary N) is 1. The normalized spacial score (nSPS) is 19.6. The van der Waals surface area contributed by atoms with E-state index in [1.807, 2.05) is 71.6 Å². The highest BCUT2D eigenvalue weighted by Gasteiger charge is 2.32. The second-order valence-corrected chi connectivity index (χ2v) is 10.7. The summed E-state index contributed by atoms with van der Waals surface area (Å²) in [7, 11) is 1.66. The van der Waals surface area contributed by atoms with Crippen molar-refractivity contribution in [2.24, 2.45) is 11.8 Å². The van der Waals surface area contributed by atoms with Crippen LogP contribution >= 0.6 is 0 Å². The quantitative estimate of drug-likeness (QED) is 0.441. The molecule has 2 aliphatic rings. The first-order chi connectivity index (χ1) is 20.1. The Hall–Kier alpha value is -4.17. The fourth-order valence-electron chi connectivity index (χ4n) is 5.56. The molecule has 3 heterocycles. The molecule has 41 heavy (non-hydrogen) atoms. The topological polar surface area (TPSA) is 84.0 Å². The summed E-state index contributed by atoms with van der Waals surface area (Å²) in [5.74, 6) is 1.95. The number of carbonyl (C=O) groups is 2. The summed E-state index contributed by atoms with van der Waals surface area (Å²) in [6.07, 6.45) is 7.08. The first kappa shape index (κ1) is 28.4. The molecule has 3 aromatic rings. The van der Waals surface area contributed by atoms with Gasteiger partial charge in [0.15, 0.2) is 0 Å². The molecule has 8 nitrogen and oxygen atoms in total. The van der Waals surface area contributed by atoms with Gasteiger partial charge in [-0.25, -0.2) is 0 Å². The van der Waals surface area contributed by atoms with E-state index < -0.39 is 0 Å². The lowest BCUT2D eigenvalue weighted by Gasteiger charge is -2.38. The maximum absolute atomic E-state index is 13.7. The summed E-state index contributed by atoms with van der Waals surface area (Å²) < 4.78 is 11.5. The van der Waals surface area contributed by atoms with Gasteiger partial charge < -0.3 is 19.7 Å². The largest absolute Gasteiger partial charge is 0.497 e. The number of benzene rings is 2. The van der Waals surface area contributed by atoms with Crippen LogP contribution in [0.2, 0.25) is 0 Å². The van der Waals surface area contributed by atoms with Gasteiger partial charge in [0.1, 0.15) is 18.1 Å². The number of amides is 2. The lowest BCUT2D eigenvalue weighted by Crippen LogP contribution is -2.47. The molecule has 0 spiro atoms. The zero-order valence-corrected chi connectivity index (χ0v) is 23.6. The van der Waals surface area contributed by atoms with Crippen molar-refractivity contribution >= 4 is 11.8 Å². The molecule has 2 aliphatic heterocycles. The molecule has 2 atom stereocenters. The van der Waals surface area contributed by atoms with Crippen LogP contribution in [0.25, 0.3) is 0 Å². The smallest absolute Gasteiger partial charge is 0.236 e. The summed E-state index contributed by atoms with van der Waals surface area (Å²) in [6.45, 7) is 3.59.